The molecule has 0 aliphatic carbocycles. The number of carbonyl (C=O) groups excluding carboxylic acids is 2. The predicted molar refractivity (Wildman–Crippen MR) is 102 cm³/mol. The highest BCUT2D eigenvalue weighted by Crippen LogP contribution is 2.32. The van der Waals surface area contributed by atoms with Crippen molar-refractivity contribution in [2.24, 2.45) is 5.92 Å². The van der Waals surface area contributed by atoms with Gasteiger partial charge in [-0.15, -0.1) is 0 Å². The third-order valence-corrected chi connectivity index (χ3v) is 4.45. The maximum absolute atomic E-state index is 12.3. The van der Waals surface area contributed by atoms with E-state index < -0.39 is 18.5 Å². The van der Waals surface area contributed by atoms with E-state index in [-0.39, 0.29) is 24.1 Å². The molecule has 1 aromatic heterocycles. The van der Waals surface area contributed by atoms with Crippen molar-refractivity contribution in [2.75, 3.05) is 13.4 Å². The Balaban J connectivity index is 1.52. The minimum atomic E-state index is -0.671. The van der Waals surface area contributed by atoms with Gasteiger partial charge in [-0.1, -0.05) is 31.5 Å². The highest BCUT2D eigenvalue weighted by Gasteiger charge is 2.22. The monoisotopic (exact) mass is 407 g/mol. The van der Waals surface area contributed by atoms with Crippen LogP contribution >= 0.6 is 11.6 Å². The van der Waals surface area contributed by atoms with Crippen LogP contribution in [0.25, 0.3) is 0 Å². The van der Waals surface area contributed by atoms with Crippen LogP contribution < -0.4 is 14.8 Å². The SMILES string of the molecule is Cc1nn(CC(C)C)c(Cl)c1C(=O)OCC(=O)NCc1ccc2c(c1)OCO2. The quantitative estimate of drug-likeness (QED) is 0.709. The van der Waals surface area contributed by atoms with Gasteiger partial charge in [0.15, 0.2) is 18.1 Å². The minimum Gasteiger partial charge on any atom is -0.454 e. The number of rotatable bonds is 7. The van der Waals surface area contributed by atoms with Crippen LogP contribution in [-0.2, 0) is 22.6 Å². The zero-order chi connectivity index (χ0) is 20.3. The Morgan fingerprint density at radius 1 is 1.32 bits per heavy atom. The van der Waals surface area contributed by atoms with Crippen molar-refractivity contribution in [3.05, 3.63) is 40.2 Å². The first-order valence-electron chi connectivity index (χ1n) is 8.90. The topological polar surface area (TPSA) is 91.7 Å². The molecule has 1 N–H and O–H groups in total. The number of benzene rings is 1. The first-order valence-corrected chi connectivity index (χ1v) is 9.28. The molecule has 0 saturated heterocycles. The van der Waals surface area contributed by atoms with Crippen molar-refractivity contribution in [3.8, 4) is 11.5 Å². The van der Waals surface area contributed by atoms with Gasteiger partial charge >= 0.3 is 5.97 Å². The van der Waals surface area contributed by atoms with E-state index in [1.807, 2.05) is 19.9 Å². The van der Waals surface area contributed by atoms with Gasteiger partial charge in [0.05, 0.1) is 5.69 Å². The second kappa shape index (κ2) is 8.52. The lowest BCUT2D eigenvalue weighted by Gasteiger charge is -2.08. The van der Waals surface area contributed by atoms with E-state index in [2.05, 4.69) is 10.4 Å². The van der Waals surface area contributed by atoms with Crippen LogP contribution in [0.2, 0.25) is 5.15 Å². The molecule has 1 aliphatic rings. The Bertz CT molecular complexity index is 894. The molecular weight excluding hydrogens is 386 g/mol. The van der Waals surface area contributed by atoms with Crippen LogP contribution in [0.4, 0.5) is 0 Å². The van der Waals surface area contributed by atoms with Crippen LogP contribution in [0, 0.1) is 12.8 Å². The molecule has 1 aromatic carbocycles. The molecule has 0 spiro atoms. The van der Waals surface area contributed by atoms with E-state index in [0.29, 0.717) is 29.7 Å². The Hall–Kier alpha value is -2.74. The summed E-state index contributed by atoms with van der Waals surface area (Å²) < 4.78 is 17.2. The molecule has 9 heteroatoms. The summed E-state index contributed by atoms with van der Waals surface area (Å²) in [5, 5.41) is 7.17. The van der Waals surface area contributed by atoms with Gasteiger partial charge in [-0.05, 0) is 30.5 Å². The number of carbonyl (C=O) groups is 2. The number of nitrogens with zero attached hydrogens (tertiary/aromatic N) is 2. The van der Waals surface area contributed by atoms with Gasteiger partial charge in [0.25, 0.3) is 5.91 Å². The second-order valence-electron chi connectivity index (χ2n) is 6.87. The summed E-state index contributed by atoms with van der Waals surface area (Å²) in [5.41, 5.74) is 1.50. The summed E-state index contributed by atoms with van der Waals surface area (Å²) in [7, 11) is 0. The van der Waals surface area contributed by atoms with E-state index in [9.17, 15) is 9.59 Å². The molecule has 150 valence electrons. The van der Waals surface area contributed by atoms with Gasteiger partial charge in [0, 0.05) is 13.1 Å². The molecule has 1 aliphatic heterocycles. The first-order chi connectivity index (χ1) is 13.3. The number of esters is 1. The van der Waals surface area contributed by atoms with E-state index in [1.165, 1.54) is 0 Å². The summed E-state index contributed by atoms with van der Waals surface area (Å²) >= 11 is 6.25. The van der Waals surface area contributed by atoms with E-state index in [4.69, 9.17) is 25.8 Å². The fourth-order valence-electron chi connectivity index (χ4n) is 2.76. The van der Waals surface area contributed by atoms with E-state index >= 15 is 0 Å². The lowest BCUT2D eigenvalue weighted by Crippen LogP contribution is -2.28. The number of amides is 1. The van der Waals surface area contributed by atoms with Gasteiger partial charge < -0.3 is 19.5 Å². The van der Waals surface area contributed by atoms with Crippen molar-refractivity contribution in [1.82, 2.24) is 15.1 Å². The minimum absolute atomic E-state index is 0.186. The molecular formula is C19H22ClN3O5. The van der Waals surface area contributed by atoms with Crippen molar-refractivity contribution < 1.29 is 23.8 Å². The molecule has 0 fully saturated rings. The van der Waals surface area contributed by atoms with Crippen LogP contribution in [0.5, 0.6) is 11.5 Å². The maximum atomic E-state index is 12.3. The molecule has 2 aromatic rings. The Morgan fingerprint density at radius 2 is 2.07 bits per heavy atom. The molecule has 8 nitrogen and oxygen atoms in total. The average Bonchev–Trinajstić information content (AvgIpc) is 3.21. The molecule has 0 radical (unpaired) electrons. The number of halogens is 1. The van der Waals surface area contributed by atoms with Crippen LogP contribution in [0.1, 0.15) is 35.5 Å². The highest BCUT2D eigenvalue weighted by molar-refractivity contribution is 6.32. The summed E-state index contributed by atoms with van der Waals surface area (Å²) in [6.07, 6.45) is 0. The van der Waals surface area contributed by atoms with Crippen LogP contribution in [0.3, 0.4) is 0 Å². The zero-order valence-electron chi connectivity index (χ0n) is 16.0. The number of aryl methyl sites for hydroxylation is 1. The molecule has 1 amide bonds. The van der Waals surface area contributed by atoms with Crippen molar-refractivity contribution in [2.45, 2.75) is 33.9 Å². The van der Waals surface area contributed by atoms with Crippen molar-refractivity contribution in [1.29, 1.82) is 0 Å². The molecule has 0 atom stereocenters. The number of hydrogen-bond acceptors (Lipinski definition) is 6. The summed E-state index contributed by atoms with van der Waals surface area (Å²) in [6.45, 7) is 6.37. The molecule has 2 heterocycles. The number of aromatic nitrogens is 2. The van der Waals surface area contributed by atoms with Gasteiger partial charge in [-0.3, -0.25) is 9.48 Å². The standard InChI is InChI=1S/C19H22ClN3O5/c1-11(2)8-23-18(20)17(12(3)22-23)19(25)26-9-16(24)21-7-13-4-5-14-15(6-13)28-10-27-14/h4-6,11H,7-10H2,1-3H3,(H,21,24). The first kappa shape index (κ1) is 20.0. The fraction of sp³-hybridized carbons (Fsp3) is 0.421. The molecule has 0 saturated carbocycles. The zero-order valence-corrected chi connectivity index (χ0v) is 16.7. The van der Waals surface area contributed by atoms with Crippen LogP contribution in [0.15, 0.2) is 18.2 Å². The van der Waals surface area contributed by atoms with E-state index in [1.54, 1.807) is 23.7 Å². The van der Waals surface area contributed by atoms with Gasteiger partial charge in [0.2, 0.25) is 6.79 Å². The largest absolute Gasteiger partial charge is 0.454 e. The summed E-state index contributed by atoms with van der Waals surface area (Å²) in [4.78, 5) is 24.3. The number of ether oxygens (including phenoxy) is 3. The Labute approximate surface area is 167 Å². The number of hydrogen-bond donors (Lipinski definition) is 1. The molecule has 28 heavy (non-hydrogen) atoms. The molecule has 0 bridgehead atoms. The third-order valence-electron chi connectivity index (χ3n) is 4.07. The Kier molecular flexibility index (Phi) is 6.08. The normalized spacial score (nSPS) is 12.3. The Morgan fingerprint density at radius 3 is 2.82 bits per heavy atom. The van der Waals surface area contributed by atoms with E-state index in [0.717, 1.165) is 5.56 Å². The number of nitrogens with one attached hydrogen (secondary N) is 1. The summed E-state index contributed by atoms with van der Waals surface area (Å²) in [5.74, 6) is 0.545. The second-order valence-corrected chi connectivity index (χ2v) is 7.23. The third kappa shape index (κ3) is 4.56. The molecule has 0 unspecified atom stereocenters. The lowest BCUT2D eigenvalue weighted by atomic mass is 10.2. The van der Waals surface area contributed by atoms with Crippen molar-refractivity contribution in [3.63, 3.8) is 0 Å². The lowest BCUT2D eigenvalue weighted by molar-refractivity contribution is -0.124. The highest BCUT2D eigenvalue weighted by atomic mass is 35.5. The summed E-state index contributed by atoms with van der Waals surface area (Å²) in [6, 6.07) is 5.40. The maximum Gasteiger partial charge on any atom is 0.343 e. The smallest absolute Gasteiger partial charge is 0.343 e. The molecule has 3 rings (SSSR count). The van der Waals surface area contributed by atoms with Gasteiger partial charge in [-0.2, -0.15) is 5.10 Å². The average molecular weight is 408 g/mol. The predicted octanol–water partition coefficient (Wildman–Crippen LogP) is 2.70. The fourth-order valence-corrected chi connectivity index (χ4v) is 3.08. The van der Waals surface area contributed by atoms with Crippen LogP contribution in [-0.4, -0.2) is 35.1 Å². The van der Waals surface area contributed by atoms with Gasteiger partial charge in [-0.25, -0.2) is 4.79 Å². The van der Waals surface area contributed by atoms with Gasteiger partial charge in [0.1, 0.15) is 10.7 Å². The number of fused-ring (bicyclic) bond motifs is 1. The van der Waals surface area contributed by atoms with Crippen molar-refractivity contribution >= 4 is 23.5 Å².